The van der Waals surface area contributed by atoms with Gasteiger partial charge in [0.05, 0.1) is 5.88 Å². The van der Waals surface area contributed by atoms with Crippen molar-refractivity contribution in [2.24, 2.45) is 0 Å². The minimum absolute atomic E-state index is 0.00699. The van der Waals surface area contributed by atoms with E-state index in [-0.39, 0.29) is 12.5 Å². The van der Waals surface area contributed by atoms with Crippen LogP contribution >= 0.6 is 11.6 Å². The van der Waals surface area contributed by atoms with E-state index in [9.17, 15) is 14.0 Å². The molecule has 0 heterocycles. The highest BCUT2D eigenvalue weighted by Crippen LogP contribution is 1.81. The quantitative estimate of drug-likeness (QED) is 0.647. The van der Waals surface area contributed by atoms with Gasteiger partial charge in [0.1, 0.15) is 6.61 Å². The Kier molecular flexibility index (Phi) is 5.46. The Morgan fingerprint density at radius 2 is 2.18 bits per heavy atom. The fourth-order valence-corrected chi connectivity index (χ4v) is 0.392. The topological polar surface area (TPSA) is 55.4 Å². The molecule has 0 aromatic carbocycles. The lowest BCUT2D eigenvalue weighted by atomic mass is 10.7. The average Bonchev–Trinajstić information content (AvgIpc) is 2.00. The van der Waals surface area contributed by atoms with Crippen molar-refractivity contribution in [2.75, 3.05) is 19.2 Å². The number of imide groups is 1. The summed E-state index contributed by atoms with van der Waals surface area (Å²) in [5, 5.41) is 1.63. The molecule has 2 amide bonds. The number of carbonyl (C=O) groups is 2. The van der Waals surface area contributed by atoms with E-state index in [4.69, 9.17) is 11.6 Å². The van der Waals surface area contributed by atoms with E-state index in [0.29, 0.717) is 0 Å². The number of alkyl carbamates (subject to hydrolysis) is 1. The van der Waals surface area contributed by atoms with Gasteiger partial charge in [0, 0.05) is 0 Å². The summed E-state index contributed by atoms with van der Waals surface area (Å²) < 4.78 is 15.7. The van der Waals surface area contributed by atoms with E-state index in [1.807, 2.05) is 0 Å². The number of carbonyl (C=O) groups excluding carboxylic acids is 2. The molecule has 0 saturated carbocycles. The first-order valence-electron chi connectivity index (χ1n) is 2.79. The smallest absolute Gasteiger partial charge is 0.413 e. The lowest BCUT2D eigenvalue weighted by Gasteiger charge is -2.00. The summed E-state index contributed by atoms with van der Waals surface area (Å²) >= 11 is 5.15. The van der Waals surface area contributed by atoms with Crippen molar-refractivity contribution in [1.29, 1.82) is 0 Å². The van der Waals surface area contributed by atoms with Crippen molar-refractivity contribution in [3.8, 4) is 0 Å². The summed E-state index contributed by atoms with van der Waals surface area (Å²) in [5.74, 6) is -0.887. The molecule has 0 spiro atoms. The molecule has 0 aromatic heterocycles. The van der Waals surface area contributed by atoms with E-state index in [0.717, 1.165) is 0 Å². The lowest BCUT2D eigenvalue weighted by molar-refractivity contribution is -0.121. The molecule has 0 saturated heterocycles. The van der Waals surface area contributed by atoms with Crippen molar-refractivity contribution >= 4 is 23.6 Å². The summed E-state index contributed by atoms with van der Waals surface area (Å²) in [4.78, 5) is 20.6. The van der Waals surface area contributed by atoms with Crippen LogP contribution in [0.1, 0.15) is 0 Å². The van der Waals surface area contributed by atoms with Crippen LogP contribution in [-0.2, 0) is 9.53 Å². The second kappa shape index (κ2) is 5.91. The SMILES string of the molecule is O=C(CF)NC(=O)OCCCl. The van der Waals surface area contributed by atoms with Gasteiger partial charge in [-0.1, -0.05) is 0 Å². The van der Waals surface area contributed by atoms with Crippen LogP contribution in [-0.4, -0.2) is 31.2 Å². The van der Waals surface area contributed by atoms with Gasteiger partial charge in [-0.15, -0.1) is 11.6 Å². The summed E-state index contributed by atoms with van der Waals surface area (Å²) in [6.07, 6.45) is -0.978. The summed E-state index contributed by atoms with van der Waals surface area (Å²) in [7, 11) is 0. The van der Waals surface area contributed by atoms with Gasteiger partial charge in [-0.05, 0) is 0 Å². The molecule has 64 valence electrons. The Balaban J connectivity index is 3.44. The summed E-state index contributed by atoms with van der Waals surface area (Å²) in [6, 6.07) is 0. The zero-order valence-corrected chi connectivity index (χ0v) is 6.36. The Morgan fingerprint density at radius 1 is 1.55 bits per heavy atom. The third kappa shape index (κ3) is 5.60. The zero-order valence-electron chi connectivity index (χ0n) is 5.60. The predicted molar refractivity (Wildman–Crippen MR) is 36.2 cm³/mol. The summed E-state index contributed by atoms with van der Waals surface area (Å²) in [6.45, 7) is -1.25. The molecule has 4 nitrogen and oxygen atoms in total. The zero-order chi connectivity index (χ0) is 8.69. The van der Waals surface area contributed by atoms with Gasteiger partial charge in [0.15, 0.2) is 6.67 Å². The highest BCUT2D eigenvalue weighted by molar-refractivity contribution is 6.18. The van der Waals surface area contributed by atoms with Crippen LogP contribution in [0.25, 0.3) is 0 Å². The minimum Gasteiger partial charge on any atom is -0.448 e. The molecule has 11 heavy (non-hydrogen) atoms. The molecular formula is C5H7ClFNO3. The van der Waals surface area contributed by atoms with E-state index in [1.165, 1.54) is 0 Å². The Morgan fingerprint density at radius 3 is 2.64 bits per heavy atom. The first-order valence-corrected chi connectivity index (χ1v) is 3.32. The first kappa shape index (κ1) is 10.2. The van der Waals surface area contributed by atoms with Crippen LogP contribution in [0, 0.1) is 0 Å². The maximum atomic E-state index is 11.4. The molecule has 0 bridgehead atoms. The van der Waals surface area contributed by atoms with Gasteiger partial charge in [0.25, 0.3) is 5.91 Å². The highest BCUT2D eigenvalue weighted by Gasteiger charge is 2.06. The van der Waals surface area contributed by atoms with Crippen LogP contribution in [0.5, 0.6) is 0 Å². The molecule has 6 heteroatoms. The minimum atomic E-state index is -1.24. The van der Waals surface area contributed by atoms with Crippen molar-refractivity contribution in [2.45, 2.75) is 0 Å². The second-order valence-electron chi connectivity index (χ2n) is 1.51. The Hall–Kier alpha value is -0.840. The maximum Gasteiger partial charge on any atom is 0.413 e. The van der Waals surface area contributed by atoms with Crippen LogP contribution in [0.4, 0.5) is 9.18 Å². The predicted octanol–water partition coefficient (Wildman–Crippen LogP) is 0.448. The molecule has 0 aliphatic heterocycles. The molecule has 0 aliphatic carbocycles. The molecule has 1 N–H and O–H groups in total. The van der Waals surface area contributed by atoms with Crippen molar-refractivity contribution in [3.05, 3.63) is 0 Å². The molecule has 0 fully saturated rings. The van der Waals surface area contributed by atoms with Gasteiger partial charge in [-0.3, -0.25) is 10.1 Å². The molecular weight excluding hydrogens is 177 g/mol. The maximum absolute atomic E-state index is 11.4. The van der Waals surface area contributed by atoms with Gasteiger partial charge in [-0.25, -0.2) is 9.18 Å². The number of halogens is 2. The van der Waals surface area contributed by atoms with E-state index in [1.54, 1.807) is 5.32 Å². The lowest BCUT2D eigenvalue weighted by Crippen LogP contribution is -2.32. The van der Waals surface area contributed by atoms with E-state index in [2.05, 4.69) is 4.74 Å². The van der Waals surface area contributed by atoms with E-state index < -0.39 is 18.7 Å². The number of amides is 2. The number of alkyl halides is 2. The third-order valence-electron chi connectivity index (χ3n) is 0.673. The monoisotopic (exact) mass is 183 g/mol. The first-order chi connectivity index (χ1) is 5.20. The third-order valence-corrected chi connectivity index (χ3v) is 0.827. The number of rotatable bonds is 3. The Labute approximate surface area is 67.7 Å². The normalized spacial score (nSPS) is 8.91. The number of ether oxygens (including phenoxy) is 1. The van der Waals surface area contributed by atoms with Crippen molar-refractivity contribution in [1.82, 2.24) is 5.32 Å². The molecule has 0 unspecified atom stereocenters. The molecule has 0 radical (unpaired) electrons. The van der Waals surface area contributed by atoms with Crippen LogP contribution in [0.15, 0.2) is 0 Å². The largest absolute Gasteiger partial charge is 0.448 e. The van der Waals surface area contributed by atoms with Gasteiger partial charge < -0.3 is 4.74 Å². The number of hydrogen-bond donors (Lipinski definition) is 1. The molecule has 0 aromatic rings. The molecule has 0 atom stereocenters. The number of nitrogens with one attached hydrogen (secondary N) is 1. The highest BCUT2D eigenvalue weighted by atomic mass is 35.5. The fraction of sp³-hybridized carbons (Fsp3) is 0.600. The van der Waals surface area contributed by atoms with Crippen molar-refractivity contribution < 1.29 is 18.7 Å². The Bertz CT molecular complexity index is 153. The van der Waals surface area contributed by atoms with Crippen LogP contribution in [0.3, 0.4) is 0 Å². The average molecular weight is 184 g/mol. The summed E-state index contributed by atoms with van der Waals surface area (Å²) in [5.41, 5.74) is 0. The molecule has 0 aliphatic rings. The fourth-order valence-electron chi connectivity index (χ4n) is 0.315. The van der Waals surface area contributed by atoms with Crippen LogP contribution < -0.4 is 5.32 Å². The van der Waals surface area contributed by atoms with Gasteiger partial charge in [-0.2, -0.15) is 0 Å². The second-order valence-corrected chi connectivity index (χ2v) is 1.88. The van der Waals surface area contributed by atoms with Crippen LogP contribution in [0.2, 0.25) is 0 Å². The van der Waals surface area contributed by atoms with Crippen molar-refractivity contribution in [3.63, 3.8) is 0 Å². The standard InChI is InChI=1S/C5H7ClFNO3/c6-1-2-11-5(10)8-4(9)3-7/h1-3H2,(H,8,9,10). The molecule has 0 rings (SSSR count). The van der Waals surface area contributed by atoms with Gasteiger partial charge in [0.2, 0.25) is 0 Å². The van der Waals surface area contributed by atoms with E-state index >= 15 is 0 Å². The van der Waals surface area contributed by atoms with Gasteiger partial charge >= 0.3 is 6.09 Å². The number of hydrogen-bond acceptors (Lipinski definition) is 3.